The van der Waals surface area contributed by atoms with Gasteiger partial charge in [-0.15, -0.1) is 0 Å². The van der Waals surface area contributed by atoms with E-state index in [1.54, 1.807) is 44.6 Å². The summed E-state index contributed by atoms with van der Waals surface area (Å²) < 4.78 is 22.7. The van der Waals surface area contributed by atoms with E-state index in [2.05, 4.69) is 13.0 Å². The van der Waals surface area contributed by atoms with E-state index >= 15 is 0 Å². The minimum atomic E-state index is -0.173. The first-order valence-corrected chi connectivity index (χ1v) is 9.99. The van der Waals surface area contributed by atoms with Crippen LogP contribution in [0.4, 0.5) is 0 Å². The number of benzene rings is 3. The second-order valence-corrected chi connectivity index (χ2v) is 7.33. The number of Topliss-reactive ketones (excluding diaryl/α,β-unsaturated/α-hetero) is 1. The Balaban J connectivity index is 1.61. The molecular formula is C26H24O5. The number of ether oxygens (including phenoxy) is 4. The average molecular weight is 416 g/mol. The van der Waals surface area contributed by atoms with Gasteiger partial charge in [0.05, 0.1) is 19.8 Å². The maximum absolute atomic E-state index is 12.9. The number of rotatable bonds is 6. The molecule has 0 atom stereocenters. The fourth-order valence-electron chi connectivity index (χ4n) is 3.55. The van der Waals surface area contributed by atoms with Crippen LogP contribution in [0.15, 0.2) is 60.4 Å². The van der Waals surface area contributed by atoms with E-state index in [9.17, 15) is 4.79 Å². The molecule has 31 heavy (non-hydrogen) atoms. The van der Waals surface area contributed by atoms with Crippen molar-refractivity contribution in [2.75, 3.05) is 14.2 Å². The first-order valence-electron chi connectivity index (χ1n) is 9.99. The summed E-state index contributed by atoms with van der Waals surface area (Å²) in [5.41, 5.74) is 4.30. The minimum absolute atomic E-state index is 0.173. The van der Waals surface area contributed by atoms with Crippen molar-refractivity contribution in [2.45, 2.75) is 20.5 Å². The van der Waals surface area contributed by atoms with Gasteiger partial charge in [-0.1, -0.05) is 24.3 Å². The van der Waals surface area contributed by atoms with Gasteiger partial charge in [-0.2, -0.15) is 0 Å². The van der Waals surface area contributed by atoms with Crippen LogP contribution in [0.2, 0.25) is 0 Å². The number of hydrogen-bond acceptors (Lipinski definition) is 5. The second kappa shape index (κ2) is 8.56. The lowest BCUT2D eigenvalue weighted by molar-refractivity contribution is 0.101. The summed E-state index contributed by atoms with van der Waals surface area (Å²) in [5.74, 6) is 2.57. The zero-order chi connectivity index (χ0) is 22.0. The van der Waals surface area contributed by atoms with Crippen molar-refractivity contribution in [1.29, 1.82) is 0 Å². The standard InChI is InChI=1S/C26H24O5/c1-16-7-5-6-8-18(16)15-30-22-12-10-21-25(27)24(31-26(21)17(22)2)14-19-13-20(28-3)9-11-23(19)29-4/h5-14H,15H2,1-4H3/b24-14-. The maximum Gasteiger partial charge on any atom is 0.231 e. The normalized spacial score (nSPS) is 13.7. The van der Waals surface area contributed by atoms with E-state index in [4.69, 9.17) is 18.9 Å². The van der Waals surface area contributed by atoms with Crippen molar-refractivity contribution in [3.63, 3.8) is 0 Å². The molecule has 0 bridgehead atoms. The number of fused-ring (bicyclic) bond motifs is 1. The van der Waals surface area contributed by atoms with Crippen molar-refractivity contribution in [2.24, 2.45) is 0 Å². The highest BCUT2D eigenvalue weighted by Crippen LogP contribution is 2.40. The van der Waals surface area contributed by atoms with Crippen LogP contribution in [-0.4, -0.2) is 20.0 Å². The predicted octanol–water partition coefficient (Wildman–Crippen LogP) is 5.52. The Morgan fingerprint density at radius 2 is 1.71 bits per heavy atom. The molecule has 0 fully saturated rings. The quantitative estimate of drug-likeness (QED) is 0.496. The van der Waals surface area contributed by atoms with Gasteiger partial charge in [0.1, 0.15) is 29.6 Å². The van der Waals surface area contributed by atoms with E-state index in [0.717, 1.165) is 11.1 Å². The first kappa shape index (κ1) is 20.5. The molecule has 0 N–H and O–H groups in total. The van der Waals surface area contributed by atoms with Crippen LogP contribution in [-0.2, 0) is 6.61 Å². The van der Waals surface area contributed by atoms with Gasteiger partial charge in [-0.25, -0.2) is 0 Å². The summed E-state index contributed by atoms with van der Waals surface area (Å²) in [4.78, 5) is 12.9. The number of ketones is 1. The Morgan fingerprint density at radius 1 is 0.935 bits per heavy atom. The molecule has 0 aliphatic carbocycles. The zero-order valence-corrected chi connectivity index (χ0v) is 18.0. The lowest BCUT2D eigenvalue weighted by atomic mass is 10.1. The Labute approximate surface area is 181 Å². The Kier molecular flexibility index (Phi) is 5.67. The smallest absolute Gasteiger partial charge is 0.231 e. The minimum Gasteiger partial charge on any atom is -0.497 e. The summed E-state index contributed by atoms with van der Waals surface area (Å²) >= 11 is 0. The van der Waals surface area contributed by atoms with Gasteiger partial charge < -0.3 is 18.9 Å². The molecule has 4 rings (SSSR count). The number of methoxy groups -OCH3 is 2. The molecule has 0 aromatic heterocycles. The summed E-state index contributed by atoms with van der Waals surface area (Å²) in [7, 11) is 3.17. The Bertz CT molecular complexity index is 1180. The van der Waals surface area contributed by atoms with Gasteiger partial charge in [0.2, 0.25) is 5.78 Å². The van der Waals surface area contributed by atoms with E-state index in [0.29, 0.717) is 40.7 Å². The Morgan fingerprint density at radius 3 is 2.45 bits per heavy atom. The third kappa shape index (κ3) is 3.99. The lowest BCUT2D eigenvalue weighted by Gasteiger charge is -2.12. The SMILES string of the molecule is COc1ccc(OC)c(/C=C2\Oc3c(ccc(OCc4ccccc4C)c3C)C2=O)c1. The van der Waals surface area contributed by atoms with Crippen molar-refractivity contribution < 1.29 is 23.7 Å². The molecule has 1 aliphatic heterocycles. The fourth-order valence-corrected chi connectivity index (χ4v) is 3.55. The highest BCUT2D eigenvalue weighted by Gasteiger charge is 2.30. The lowest BCUT2D eigenvalue weighted by Crippen LogP contribution is -2.00. The van der Waals surface area contributed by atoms with E-state index in [1.165, 1.54) is 5.56 Å². The Hall–Kier alpha value is -3.73. The monoisotopic (exact) mass is 416 g/mol. The summed E-state index contributed by atoms with van der Waals surface area (Å²) in [6.45, 7) is 4.40. The molecule has 3 aromatic carbocycles. The summed E-state index contributed by atoms with van der Waals surface area (Å²) in [6, 6.07) is 17.1. The molecule has 0 unspecified atom stereocenters. The average Bonchev–Trinajstić information content (AvgIpc) is 3.10. The van der Waals surface area contributed by atoms with E-state index in [-0.39, 0.29) is 11.5 Å². The van der Waals surface area contributed by atoms with Crippen LogP contribution in [0.1, 0.15) is 32.6 Å². The van der Waals surface area contributed by atoms with Gasteiger partial charge >= 0.3 is 0 Å². The van der Waals surface area contributed by atoms with Gasteiger partial charge in [0.25, 0.3) is 0 Å². The van der Waals surface area contributed by atoms with Crippen molar-refractivity contribution in [3.8, 4) is 23.0 Å². The third-order valence-corrected chi connectivity index (χ3v) is 5.40. The molecule has 5 heteroatoms. The molecule has 3 aromatic rings. The fraction of sp³-hybridized carbons (Fsp3) is 0.192. The van der Waals surface area contributed by atoms with Crippen molar-refractivity contribution in [1.82, 2.24) is 0 Å². The van der Waals surface area contributed by atoms with Crippen molar-refractivity contribution in [3.05, 3.63) is 88.2 Å². The molecular weight excluding hydrogens is 392 g/mol. The van der Waals surface area contributed by atoms with Gasteiger partial charge in [-0.05, 0) is 61.4 Å². The molecule has 158 valence electrons. The van der Waals surface area contributed by atoms with E-state index < -0.39 is 0 Å². The van der Waals surface area contributed by atoms with Gasteiger partial charge in [0, 0.05) is 11.1 Å². The number of hydrogen-bond donors (Lipinski definition) is 0. The largest absolute Gasteiger partial charge is 0.497 e. The van der Waals surface area contributed by atoms with Crippen LogP contribution in [0.3, 0.4) is 0 Å². The number of carbonyl (C=O) groups excluding carboxylic acids is 1. The van der Waals surface area contributed by atoms with Crippen LogP contribution in [0, 0.1) is 13.8 Å². The van der Waals surface area contributed by atoms with Crippen LogP contribution in [0.25, 0.3) is 6.08 Å². The van der Waals surface area contributed by atoms with E-state index in [1.807, 2.05) is 31.2 Å². The highest BCUT2D eigenvalue weighted by atomic mass is 16.5. The van der Waals surface area contributed by atoms with Gasteiger partial charge in [0.15, 0.2) is 5.76 Å². The zero-order valence-electron chi connectivity index (χ0n) is 18.0. The topological polar surface area (TPSA) is 54.0 Å². The third-order valence-electron chi connectivity index (χ3n) is 5.40. The summed E-state index contributed by atoms with van der Waals surface area (Å²) in [6.07, 6.45) is 1.68. The molecule has 1 aliphatic rings. The van der Waals surface area contributed by atoms with Crippen LogP contribution >= 0.6 is 0 Å². The molecule has 1 heterocycles. The molecule has 0 saturated heterocycles. The second-order valence-electron chi connectivity index (χ2n) is 7.33. The first-order chi connectivity index (χ1) is 15.0. The number of aryl methyl sites for hydroxylation is 1. The van der Waals surface area contributed by atoms with Gasteiger partial charge in [-0.3, -0.25) is 4.79 Å². The molecule has 0 spiro atoms. The van der Waals surface area contributed by atoms with Crippen molar-refractivity contribution >= 4 is 11.9 Å². The summed E-state index contributed by atoms with van der Waals surface area (Å²) in [5, 5.41) is 0. The molecule has 5 nitrogen and oxygen atoms in total. The molecule has 0 radical (unpaired) electrons. The molecule has 0 amide bonds. The maximum atomic E-state index is 12.9. The van der Waals surface area contributed by atoms with Crippen LogP contribution < -0.4 is 18.9 Å². The molecule has 0 saturated carbocycles. The number of carbonyl (C=O) groups is 1. The number of allylic oxidation sites excluding steroid dienone is 1. The predicted molar refractivity (Wildman–Crippen MR) is 119 cm³/mol. The highest BCUT2D eigenvalue weighted by molar-refractivity contribution is 6.15. The van der Waals surface area contributed by atoms with Crippen LogP contribution in [0.5, 0.6) is 23.0 Å².